The molecule has 0 spiro atoms. The molecule has 0 radical (unpaired) electrons. The molecular formula is C12H11FO2. The lowest BCUT2D eigenvalue weighted by atomic mass is 10.2. The number of hydrogen-bond donors (Lipinski definition) is 0. The van der Waals surface area contributed by atoms with Gasteiger partial charge < -0.3 is 9.15 Å². The number of furan rings is 1. The van der Waals surface area contributed by atoms with Gasteiger partial charge in [-0.15, -0.1) is 0 Å². The van der Waals surface area contributed by atoms with Crippen molar-refractivity contribution in [1.29, 1.82) is 0 Å². The molecular weight excluding hydrogens is 195 g/mol. The summed E-state index contributed by atoms with van der Waals surface area (Å²) < 4.78 is 23.5. The van der Waals surface area contributed by atoms with Crippen molar-refractivity contribution < 1.29 is 13.5 Å². The van der Waals surface area contributed by atoms with Gasteiger partial charge in [0.2, 0.25) is 0 Å². The van der Waals surface area contributed by atoms with Crippen molar-refractivity contribution in [3.8, 4) is 5.75 Å². The fraction of sp³-hybridized carbons (Fsp3) is 0.167. The van der Waals surface area contributed by atoms with Crippen LogP contribution >= 0.6 is 0 Å². The van der Waals surface area contributed by atoms with Gasteiger partial charge in [0.15, 0.2) is 0 Å². The minimum Gasteiger partial charge on any atom is -0.486 e. The van der Waals surface area contributed by atoms with Crippen LogP contribution in [-0.2, 0) is 6.61 Å². The number of aryl methyl sites for hydroxylation is 1. The van der Waals surface area contributed by atoms with Gasteiger partial charge >= 0.3 is 0 Å². The number of ether oxygens (including phenoxy) is 1. The van der Waals surface area contributed by atoms with Crippen molar-refractivity contribution in [1.82, 2.24) is 0 Å². The molecule has 0 aliphatic rings. The van der Waals surface area contributed by atoms with Crippen LogP contribution in [0.5, 0.6) is 5.75 Å². The van der Waals surface area contributed by atoms with Crippen molar-refractivity contribution in [3.63, 3.8) is 0 Å². The SMILES string of the molecule is Cc1cc(OCc2ccco2)ccc1F. The van der Waals surface area contributed by atoms with Gasteiger partial charge in [-0.05, 0) is 42.8 Å². The lowest BCUT2D eigenvalue weighted by Crippen LogP contribution is -1.94. The third-order valence-corrected chi connectivity index (χ3v) is 2.09. The topological polar surface area (TPSA) is 22.4 Å². The first kappa shape index (κ1) is 9.77. The number of rotatable bonds is 3. The molecule has 2 rings (SSSR count). The predicted octanol–water partition coefficient (Wildman–Crippen LogP) is 3.31. The monoisotopic (exact) mass is 206 g/mol. The van der Waals surface area contributed by atoms with Crippen LogP contribution in [0.4, 0.5) is 4.39 Å². The fourth-order valence-electron chi connectivity index (χ4n) is 1.26. The predicted molar refractivity (Wildman–Crippen MR) is 54.2 cm³/mol. The summed E-state index contributed by atoms with van der Waals surface area (Å²) in [5.41, 5.74) is 0.576. The van der Waals surface area contributed by atoms with E-state index in [1.165, 1.54) is 6.07 Å². The van der Waals surface area contributed by atoms with E-state index in [0.29, 0.717) is 17.9 Å². The van der Waals surface area contributed by atoms with Crippen molar-refractivity contribution in [2.45, 2.75) is 13.5 Å². The second-order valence-electron chi connectivity index (χ2n) is 3.28. The van der Waals surface area contributed by atoms with E-state index in [1.54, 1.807) is 31.4 Å². The van der Waals surface area contributed by atoms with E-state index < -0.39 is 0 Å². The van der Waals surface area contributed by atoms with Gasteiger partial charge in [0, 0.05) is 0 Å². The van der Waals surface area contributed by atoms with Gasteiger partial charge in [-0.1, -0.05) is 0 Å². The standard InChI is InChI=1S/C12H11FO2/c1-9-7-10(4-5-12(9)13)15-8-11-3-2-6-14-11/h2-7H,8H2,1H3. The second kappa shape index (κ2) is 4.17. The average molecular weight is 206 g/mol. The molecule has 15 heavy (non-hydrogen) atoms. The van der Waals surface area contributed by atoms with Crippen LogP contribution < -0.4 is 4.74 Å². The highest BCUT2D eigenvalue weighted by atomic mass is 19.1. The average Bonchev–Trinajstić information content (AvgIpc) is 2.73. The normalized spacial score (nSPS) is 10.3. The van der Waals surface area contributed by atoms with Crippen LogP contribution in [0.1, 0.15) is 11.3 Å². The molecule has 78 valence electrons. The quantitative estimate of drug-likeness (QED) is 0.768. The summed E-state index contributed by atoms with van der Waals surface area (Å²) in [6.45, 7) is 2.06. The fourth-order valence-corrected chi connectivity index (χ4v) is 1.26. The Labute approximate surface area is 87.3 Å². The molecule has 1 aromatic heterocycles. The summed E-state index contributed by atoms with van der Waals surface area (Å²) in [4.78, 5) is 0. The second-order valence-corrected chi connectivity index (χ2v) is 3.28. The molecule has 1 heterocycles. The summed E-state index contributed by atoms with van der Waals surface area (Å²) in [6.07, 6.45) is 1.59. The third kappa shape index (κ3) is 2.37. The maximum absolute atomic E-state index is 12.9. The van der Waals surface area contributed by atoms with E-state index in [4.69, 9.17) is 9.15 Å². The highest BCUT2D eigenvalue weighted by molar-refractivity contribution is 5.28. The molecule has 0 saturated heterocycles. The van der Waals surface area contributed by atoms with E-state index in [-0.39, 0.29) is 5.82 Å². The van der Waals surface area contributed by atoms with Gasteiger partial charge in [0.25, 0.3) is 0 Å². The molecule has 0 saturated carbocycles. The zero-order valence-electron chi connectivity index (χ0n) is 8.37. The highest BCUT2D eigenvalue weighted by Crippen LogP contribution is 2.17. The molecule has 0 aliphatic heterocycles. The van der Waals surface area contributed by atoms with E-state index in [0.717, 1.165) is 5.76 Å². The molecule has 3 heteroatoms. The van der Waals surface area contributed by atoms with Gasteiger partial charge in [-0.2, -0.15) is 0 Å². The Morgan fingerprint density at radius 3 is 2.87 bits per heavy atom. The van der Waals surface area contributed by atoms with Crippen LogP contribution in [0.25, 0.3) is 0 Å². The minimum absolute atomic E-state index is 0.222. The number of hydrogen-bond acceptors (Lipinski definition) is 2. The Morgan fingerprint density at radius 1 is 1.33 bits per heavy atom. The minimum atomic E-state index is -0.222. The molecule has 0 fully saturated rings. The van der Waals surface area contributed by atoms with Gasteiger partial charge in [-0.25, -0.2) is 4.39 Å². The lowest BCUT2D eigenvalue weighted by molar-refractivity contribution is 0.270. The maximum atomic E-state index is 12.9. The van der Waals surface area contributed by atoms with Crippen molar-refractivity contribution in [2.24, 2.45) is 0 Å². The first-order valence-electron chi connectivity index (χ1n) is 4.67. The molecule has 0 amide bonds. The van der Waals surface area contributed by atoms with Crippen LogP contribution in [0.15, 0.2) is 41.0 Å². The number of halogens is 1. The molecule has 0 bridgehead atoms. The van der Waals surface area contributed by atoms with E-state index in [1.807, 2.05) is 6.07 Å². The summed E-state index contributed by atoms with van der Waals surface area (Å²) in [5.74, 6) is 1.17. The Balaban J connectivity index is 2.02. The first-order valence-corrected chi connectivity index (χ1v) is 4.67. The Kier molecular flexibility index (Phi) is 2.72. The largest absolute Gasteiger partial charge is 0.486 e. The van der Waals surface area contributed by atoms with Crippen LogP contribution in [0.3, 0.4) is 0 Å². The molecule has 2 aromatic rings. The highest BCUT2D eigenvalue weighted by Gasteiger charge is 2.01. The zero-order chi connectivity index (χ0) is 10.7. The zero-order valence-corrected chi connectivity index (χ0v) is 8.37. The Hall–Kier alpha value is -1.77. The first-order chi connectivity index (χ1) is 7.25. The summed E-state index contributed by atoms with van der Waals surface area (Å²) in [7, 11) is 0. The lowest BCUT2D eigenvalue weighted by Gasteiger charge is -2.05. The van der Waals surface area contributed by atoms with E-state index >= 15 is 0 Å². The summed E-state index contributed by atoms with van der Waals surface area (Å²) >= 11 is 0. The number of benzene rings is 1. The Bertz CT molecular complexity index is 435. The molecule has 0 unspecified atom stereocenters. The van der Waals surface area contributed by atoms with Crippen molar-refractivity contribution >= 4 is 0 Å². The molecule has 2 nitrogen and oxygen atoms in total. The summed E-state index contributed by atoms with van der Waals surface area (Å²) in [5, 5.41) is 0. The van der Waals surface area contributed by atoms with Crippen LogP contribution in [0.2, 0.25) is 0 Å². The van der Waals surface area contributed by atoms with Crippen LogP contribution in [0, 0.1) is 12.7 Å². The van der Waals surface area contributed by atoms with E-state index in [2.05, 4.69) is 0 Å². The van der Waals surface area contributed by atoms with Gasteiger partial charge in [0.05, 0.1) is 6.26 Å². The van der Waals surface area contributed by atoms with E-state index in [9.17, 15) is 4.39 Å². The van der Waals surface area contributed by atoms with Crippen molar-refractivity contribution in [2.75, 3.05) is 0 Å². The molecule has 0 atom stereocenters. The maximum Gasteiger partial charge on any atom is 0.146 e. The molecule has 1 aromatic carbocycles. The molecule has 0 aliphatic carbocycles. The Morgan fingerprint density at radius 2 is 2.20 bits per heavy atom. The summed E-state index contributed by atoms with van der Waals surface area (Å²) in [6, 6.07) is 8.29. The van der Waals surface area contributed by atoms with Crippen molar-refractivity contribution in [3.05, 3.63) is 53.7 Å². The van der Waals surface area contributed by atoms with Crippen LogP contribution in [-0.4, -0.2) is 0 Å². The smallest absolute Gasteiger partial charge is 0.146 e. The molecule has 0 N–H and O–H groups in total. The van der Waals surface area contributed by atoms with Gasteiger partial charge in [0.1, 0.15) is 23.9 Å². The third-order valence-electron chi connectivity index (χ3n) is 2.09. The van der Waals surface area contributed by atoms with Gasteiger partial charge in [-0.3, -0.25) is 0 Å².